The molecular weight excluding hydrogens is 406 g/mol. The minimum atomic E-state index is -0.215. The Morgan fingerprint density at radius 3 is 2.72 bits per heavy atom. The number of aromatic nitrogens is 5. The summed E-state index contributed by atoms with van der Waals surface area (Å²) in [6, 6.07) is 11.8. The first kappa shape index (κ1) is 21.5. The number of amides is 1. The number of ether oxygens (including phenoxy) is 1. The summed E-state index contributed by atoms with van der Waals surface area (Å²) in [5, 5.41) is 11.8. The van der Waals surface area contributed by atoms with Crippen LogP contribution in [0.1, 0.15) is 42.2 Å². The molecule has 166 valence electrons. The summed E-state index contributed by atoms with van der Waals surface area (Å²) >= 11 is 0. The van der Waals surface area contributed by atoms with Crippen LogP contribution in [0.4, 0.5) is 5.95 Å². The number of carbonyl (C=O) groups is 1. The molecule has 3 heterocycles. The summed E-state index contributed by atoms with van der Waals surface area (Å²) in [4.78, 5) is 17.2. The van der Waals surface area contributed by atoms with E-state index in [4.69, 9.17) is 10.5 Å². The molecule has 0 aliphatic rings. The smallest absolute Gasteiger partial charge is 0.255 e. The molecule has 0 aliphatic carbocycles. The summed E-state index contributed by atoms with van der Waals surface area (Å²) in [6.07, 6.45) is 6.33. The Morgan fingerprint density at radius 1 is 1.22 bits per heavy atom. The summed E-state index contributed by atoms with van der Waals surface area (Å²) in [5.74, 6) is -0.104. The maximum Gasteiger partial charge on any atom is 0.255 e. The Bertz CT molecular complexity index is 1220. The van der Waals surface area contributed by atoms with Crippen molar-refractivity contribution in [1.82, 2.24) is 29.7 Å². The lowest BCUT2D eigenvalue weighted by molar-refractivity contribution is 0.0940. The number of carbonyl (C=O) groups excluding carboxylic acids is 1. The number of pyridine rings is 1. The van der Waals surface area contributed by atoms with Gasteiger partial charge in [0, 0.05) is 36.7 Å². The molecule has 0 bridgehead atoms. The van der Waals surface area contributed by atoms with Gasteiger partial charge in [0.1, 0.15) is 6.04 Å². The van der Waals surface area contributed by atoms with E-state index >= 15 is 0 Å². The van der Waals surface area contributed by atoms with Crippen LogP contribution < -0.4 is 11.1 Å². The van der Waals surface area contributed by atoms with E-state index in [9.17, 15) is 4.79 Å². The van der Waals surface area contributed by atoms with Gasteiger partial charge in [-0.25, -0.2) is 4.52 Å². The third-order valence-electron chi connectivity index (χ3n) is 5.45. The van der Waals surface area contributed by atoms with Crippen LogP contribution in [0.15, 0.2) is 55.0 Å². The summed E-state index contributed by atoms with van der Waals surface area (Å²) in [6.45, 7) is 4.45. The molecule has 1 unspecified atom stereocenters. The Labute approximate surface area is 186 Å². The number of nitrogens with zero attached hydrogens (tertiary/aromatic N) is 5. The van der Waals surface area contributed by atoms with Crippen LogP contribution in [-0.2, 0) is 4.74 Å². The minimum absolute atomic E-state index is 0.0369. The fourth-order valence-electron chi connectivity index (χ4n) is 3.55. The number of hydrogen-bond acceptors (Lipinski definition) is 6. The molecule has 0 saturated heterocycles. The highest BCUT2D eigenvalue weighted by Gasteiger charge is 2.19. The van der Waals surface area contributed by atoms with E-state index in [1.807, 2.05) is 55.1 Å². The minimum Gasteiger partial charge on any atom is -0.382 e. The Hall–Kier alpha value is -3.72. The number of nitrogens with two attached hydrogens (primary N) is 1. The van der Waals surface area contributed by atoms with Gasteiger partial charge in [-0.05, 0) is 25.0 Å². The van der Waals surface area contributed by atoms with Gasteiger partial charge in [-0.3, -0.25) is 9.48 Å². The fraction of sp³-hybridized carbons (Fsp3) is 0.304. The van der Waals surface area contributed by atoms with E-state index in [-0.39, 0.29) is 23.9 Å². The second kappa shape index (κ2) is 9.19. The zero-order valence-corrected chi connectivity index (χ0v) is 18.4. The van der Waals surface area contributed by atoms with Crippen molar-refractivity contribution in [2.24, 2.45) is 0 Å². The predicted octanol–water partition coefficient (Wildman–Crippen LogP) is 2.94. The van der Waals surface area contributed by atoms with Crippen LogP contribution >= 0.6 is 0 Å². The standard InChI is InChI=1S/C23H27N7O2/c1-4-15(2)26-22(31)19-10-17(12-30-21(19)27-23(24)28-30)18-11-25-29(13-18)20(14-32-3)16-8-6-5-7-9-16/h5-13,15,20H,4,14H2,1-3H3,(H2,24,28)(H,26,31)/t15-,20?/m0/s1. The molecule has 4 rings (SSSR count). The number of hydrogen-bond donors (Lipinski definition) is 2. The van der Waals surface area contributed by atoms with Gasteiger partial charge in [0.25, 0.3) is 5.91 Å². The number of rotatable bonds is 8. The Balaban J connectivity index is 1.74. The van der Waals surface area contributed by atoms with Crippen molar-refractivity contribution < 1.29 is 9.53 Å². The first-order valence-electron chi connectivity index (χ1n) is 10.5. The van der Waals surface area contributed by atoms with Crippen molar-refractivity contribution in [3.8, 4) is 11.1 Å². The average molecular weight is 434 g/mol. The summed E-state index contributed by atoms with van der Waals surface area (Å²) < 4.78 is 8.84. The maximum absolute atomic E-state index is 12.9. The van der Waals surface area contributed by atoms with E-state index < -0.39 is 0 Å². The normalized spacial score (nSPS) is 13.2. The quantitative estimate of drug-likeness (QED) is 0.442. The van der Waals surface area contributed by atoms with Gasteiger partial charge in [-0.15, -0.1) is 5.10 Å². The largest absolute Gasteiger partial charge is 0.382 e. The number of methoxy groups -OCH3 is 1. The fourth-order valence-corrected chi connectivity index (χ4v) is 3.55. The molecule has 0 fully saturated rings. The lowest BCUT2D eigenvalue weighted by atomic mass is 10.1. The molecule has 32 heavy (non-hydrogen) atoms. The molecular formula is C23H27N7O2. The van der Waals surface area contributed by atoms with Crippen molar-refractivity contribution in [2.75, 3.05) is 19.5 Å². The third kappa shape index (κ3) is 4.33. The zero-order chi connectivity index (χ0) is 22.7. The average Bonchev–Trinajstić information content (AvgIpc) is 3.43. The van der Waals surface area contributed by atoms with Gasteiger partial charge in [-0.2, -0.15) is 10.1 Å². The predicted molar refractivity (Wildman–Crippen MR) is 122 cm³/mol. The zero-order valence-electron chi connectivity index (χ0n) is 18.4. The molecule has 3 aromatic heterocycles. The molecule has 0 aliphatic heterocycles. The first-order valence-corrected chi connectivity index (χ1v) is 10.5. The summed E-state index contributed by atoms with van der Waals surface area (Å²) in [7, 11) is 1.67. The molecule has 0 saturated carbocycles. The third-order valence-corrected chi connectivity index (χ3v) is 5.45. The van der Waals surface area contributed by atoms with Crippen LogP contribution in [0, 0.1) is 0 Å². The van der Waals surface area contributed by atoms with Gasteiger partial charge in [-0.1, -0.05) is 37.3 Å². The maximum atomic E-state index is 12.9. The van der Waals surface area contributed by atoms with Gasteiger partial charge < -0.3 is 15.8 Å². The lowest BCUT2D eigenvalue weighted by Gasteiger charge is -2.17. The highest BCUT2D eigenvalue weighted by atomic mass is 16.5. The van der Waals surface area contributed by atoms with Gasteiger partial charge in [0.2, 0.25) is 5.95 Å². The molecule has 2 atom stereocenters. The summed E-state index contributed by atoms with van der Waals surface area (Å²) in [5.41, 5.74) is 9.37. The van der Waals surface area contributed by atoms with E-state index in [2.05, 4.69) is 20.5 Å². The topological polar surface area (TPSA) is 112 Å². The number of fused-ring (bicyclic) bond motifs is 1. The lowest BCUT2D eigenvalue weighted by Crippen LogP contribution is -2.32. The van der Waals surface area contributed by atoms with Crippen LogP contribution in [-0.4, -0.2) is 50.0 Å². The molecule has 1 amide bonds. The van der Waals surface area contributed by atoms with Crippen molar-refractivity contribution in [2.45, 2.75) is 32.4 Å². The number of nitrogens with one attached hydrogen (secondary N) is 1. The van der Waals surface area contributed by atoms with Crippen LogP contribution in [0.25, 0.3) is 16.8 Å². The second-order valence-electron chi connectivity index (χ2n) is 7.75. The van der Waals surface area contributed by atoms with Crippen molar-refractivity contribution in [1.29, 1.82) is 0 Å². The van der Waals surface area contributed by atoms with Crippen molar-refractivity contribution in [3.05, 3.63) is 66.1 Å². The SMILES string of the molecule is CC[C@H](C)NC(=O)c1cc(-c2cnn(C(COC)c3ccccc3)c2)cn2nc(N)nc12. The van der Waals surface area contributed by atoms with Crippen LogP contribution in [0.3, 0.4) is 0 Å². The molecule has 9 nitrogen and oxygen atoms in total. The molecule has 3 N–H and O–H groups in total. The van der Waals surface area contributed by atoms with E-state index in [0.29, 0.717) is 17.8 Å². The molecule has 1 aromatic carbocycles. The van der Waals surface area contributed by atoms with E-state index in [0.717, 1.165) is 23.1 Å². The van der Waals surface area contributed by atoms with Gasteiger partial charge in [0.15, 0.2) is 5.65 Å². The molecule has 9 heteroatoms. The number of benzene rings is 1. The van der Waals surface area contributed by atoms with E-state index in [1.54, 1.807) is 25.6 Å². The number of nitrogen functional groups attached to an aromatic ring is 1. The van der Waals surface area contributed by atoms with E-state index in [1.165, 1.54) is 4.52 Å². The monoisotopic (exact) mass is 433 g/mol. The highest BCUT2D eigenvalue weighted by molar-refractivity contribution is 6.01. The van der Waals surface area contributed by atoms with Crippen LogP contribution in [0.2, 0.25) is 0 Å². The molecule has 4 aromatic rings. The van der Waals surface area contributed by atoms with Crippen molar-refractivity contribution >= 4 is 17.5 Å². The van der Waals surface area contributed by atoms with Crippen molar-refractivity contribution in [3.63, 3.8) is 0 Å². The highest BCUT2D eigenvalue weighted by Crippen LogP contribution is 2.26. The number of anilines is 1. The van der Waals surface area contributed by atoms with Gasteiger partial charge in [0.05, 0.1) is 18.4 Å². The Kier molecular flexibility index (Phi) is 6.18. The second-order valence-corrected chi connectivity index (χ2v) is 7.75. The Morgan fingerprint density at radius 2 is 2.00 bits per heavy atom. The molecule has 0 radical (unpaired) electrons. The molecule has 0 spiro atoms. The van der Waals surface area contributed by atoms with Gasteiger partial charge >= 0.3 is 0 Å². The first-order chi connectivity index (χ1) is 15.5. The van der Waals surface area contributed by atoms with Crippen LogP contribution in [0.5, 0.6) is 0 Å².